The quantitative estimate of drug-likeness (QED) is 0.637. The molecule has 2 fully saturated rings. The number of alkyl halides is 3. The van der Waals surface area contributed by atoms with E-state index in [9.17, 15) is 30.8 Å². The highest BCUT2D eigenvalue weighted by atomic mass is 32.2. The third kappa shape index (κ3) is 5.12. The summed E-state index contributed by atoms with van der Waals surface area (Å²) in [5.41, 5.74) is 0.659. The van der Waals surface area contributed by atoms with Crippen LogP contribution in [0.4, 0.5) is 17.6 Å². The van der Waals surface area contributed by atoms with Gasteiger partial charge in [-0.3, -0.25) is 4.79 Å². The maximum absolute atomic E-state index is 13.5. The Morgan fingerprint density at radius 2 is 1.74 bits per heavy atom. The van der Waals surface area contributed by atoms with Gasteiger partial charge in [0.2, 0.25) is 5.91 Å². The number of rotatable bonds is 5. The molecule has 1 saturated carbocycles. The molecule has 1 aliphatic carbocycles. The van der Waals surface area contributed by atoms with Crippen LogP contribution in [-0.2, 0) is 21.9 Å². The Bertz CT molecular complexity index is 1130. The average molecular weight is 503 g/mol. The highest BCUT2D eigenvalue weighted by Gasteiger charge is 2.45. The standard InChI is InChI=1S/C22H26F4N4O3S/c1-29-12-20(27-13-29)34(32,33)30-10-18(14-4-8-17(23)9-5-14)19(11-30)28-21(31)15-2-6-16(7-3-15)22(24,25)26/h4-5,8-9,12-13,15-16,18-19H,2-3,6-7,10-11H2,1H3,(H,28,31)/t15?,16?,18-,19+/m1/s1. The van der Waals surface area contributed by atoms with Crippen molar-refractivity contribution in [1.29, 1.82) is 0 Å². The van der Waals surface area contributed by atoms with E-state index in [2.05, 4.69) is 10.3 Å². The Hall–Kier alpha value is -2.47. The Balaban J connectivity index is 1.51. The fraction of sp³-hybridized carbons (Fsp3) is 0.545. The fourth-order valence-corrected chi connectivity index (χ4v) is 6.25. The summed E-state index contributed by atoms with van der Waals surface area (Å²) in [6.07, 6.45) is -1.47. The molecule has 12 heteroatoms. The van der Waals surface area contributed by atoms with E-state index in [1.54, 1.807) is 19.2 Å². The molecular weight excluding hydrogens is 476 g/mol. The monoisotopic (exact) mass is 502 g/mol. The molecular formula is C22H26F4N4O3S. The van der Waals surface area contributed by atoms with Crippen LogP contribution < -0.4 is 5.32 Å². The predicted octanol–water partition coefficient (Wildman–Crippen LogP) is 3.20. The molecule has 2 heterocycles. The van der Waals surface area contributed by atoms with Crippen LogP contribution in [-0.4, -0.2) is 53.5 Å². The molecule has 4 rings (SSSR count). The molecule has 1 amide bonds. The number of hydrogen-bond donors (Lipinski definition) is 1. The van der Waals surface area contributed by atoms with Crippen LogP contribution in [0, 0.1) is 17.7 Å². The van der Waals surface area contributed by atoms with Gasteiger partial charge in [0.1, 0.15) is 5.82 Å². The Morgan fingerprint density at radius 1 is 1.09 bits per heavy atom. The number of carbonyl (C=O) groups excluding carboxylic acids is 1. The van der Waals surface area contributed by atoms with Gasteiger partial charge >= 0.3 is 6.18 Å². The lowest BCUT2D eigenvalue weighted by Crippen LogP contribution is -2.44. The maximum Gasteiger partial charge on any atom is 0.391 e. The van der Waals surface area contributed by atoms with Crippen molar-refractivity contribution in [3.8, 4) is 0 Å². The summed E-state index contributed by atoms with van der Waals surface area (Å²) in [6.45, 7) is 0.0287. The van der Waals surface area contributed by atoms with Gasteiger partial charge in [-0.2, -0.15) is 17.5 Å². The second-order valence-electron chi connectivity index (χ2n) is 9.06. The minimum Gasteiger partial charge on any atom is -0.351 e. The van der Waals surface area contributed by atoms with E-state index >= 15 is 0 Å². The fourth-order valence-electron chi connectivity index (χ4n) is 4.80. The average Bonchev–Trinajstić information content (AvgIpc) is 3.41. The summed E-state index contributed by atoms with van der Waals surface area (Å²) >= 11 is 0. The van der Waals surface area contributed by atoms with E-state index in [1.165, 1.54) is 33.5 Å². The minimum atomic E-state index is -4.26. The van der Waals surface area contributed by atoms with Crippen molar-refractivity contribution in [1.82, 2.24) is 19.2 Å². The number of nitrogens with one attached hydrogen (secondary N) is 1. The number of hydrogen-bond acceptors (Lipinski definition) is 4. The first-order valence-corrected chi connectivity index (χ1v) is 12.5. The van der Waals surface area contributed by atoms with Crippen molar-refractivity contribution in [3.63, 3.8) is 0 Å². The first-order chi connectivity index (χ1) is 15.9. The van der Waals surface area contributed by atoms with Crippen molar-refractivity contribution in [2.75, 3.05) is 13.1 Å². The summed E-state index contributed by atoms with van der Waals surface area (Å²) in [4.78, 5) is 16.9. The van der Waals surface area contributed by atoms with Crippen LogP contribution in [0.25, 0.3) is 0 Å². The van der Waals surface area contributed by atoms with Crippen molar-refractivity contribution < 1.29 is 30.8 Å². The summed E-state index contributed by atoms with van der Waals surface area (Å²) in [7, 11) is -2.29. The van der Waals surface area contributed by atoms with Gasteiger partial charge in [-0.1, -0.05) is 12.1 Å². The minimum absolute atomic E-state index is 0.0232. The van der Waals surface area contributed by atoms with Crippen LogP contribution >= 0.6 is 0 Å². The SMILES string of the molecule is Cn1cnc(S(=O)(=O)N2C[C@H](NC(=O)C3CCC(C(F)(F)F)CC3)[C@@H](c3ccc(F)cc3)C2)c1. The van der Waals surface area contributed by atoms with Crippen molar-refractivity contribution in [3.05, 3.63) is 48.2 Å². The molecule has 1 N–H and O–H groups in total. The second kappa shape index (κ2) is 9.29. The number of sulfonamides is 1. The van der Waals surface area contributed by atoms with Crippen LogP contribution in [0.3, 0.4) is 0 Å². The highest BCUT2D eigenvalue weighted by molar-refractivity contribution is 7.89. The van der Waals surface area contributed by atoms with E-state index in [-0.39, 0.29) is 49.7 Å². The zero-order valence-electron chi connectivity index (χ0n) is 18.5. The molecule has 2 atom stereocenters. The molecule has 1 saturated heterocycles. The van der Waals surface area contributed by atoms with Gasteiger partial charge in [-0.15, -0.1) is 0 Å². The van der Waals surface area contributed by atoms with E-state index in [0.717, 1.165) is 0 Å². The lowest BCUT2D eigenvalue weighted by atomic mass is 9.81. The van der Waals surface area contributed by atoms with Crippen LogP contribution in [0.15, 0.2) is 41.8 Å². The van der Waals surface area contributed by atoms with E-state index in [4.69, 9.17) is 0 Å². The molecule has 0 spiro atoms. The van der Waals surface area contributed by atoms with Crippen molar-refractivity contribution in [2.45, 2.75) is 48.8 Å². The number of benzene rings is 1. The normalized spacial score (nSPS) is 26.5. The number of carbonyl (C=O) groups is 1. The van der Waals surface area contributed by atoms with E-state index in [0.29, 0.717) is 5.56 Å². The molecule has 1 aromatic heterocycles. The van der Waals surface area contributed by atoms with Crippen molar-refractivity contribution >= 4 is 15.9 Å². The summed E-state index contributed by atoms with van der Waals surface area (Å²) in [6, 6.07) is 5.01. The smallest absolute Gasteiger partial charge is 0.351 e. The molecule has 0 unspecified atom stereocenters. The van der Waals surface area contributed by atoms with E-state index in [1.807, 2.05) is 0 Å². The molecule has 0 radical (unpaired) electrons. The molecule has 2 aliphatic rings. The molecule has 1 aliphatic heterocycles. The maximum atomic E-state index is 13.5. The number of amides is 1. The van der Waals surface area contributed by atoms with Crippen LogP contribution in [0.5, 0.6) is 0 Å². The zero-order chi connectivity index (χ0) is 24.7. The Labute approximate surface area is 195 Å². The van der Waals surface area contributed by atoms with Gasteiger partial charge in [0.15, 0.2) is 5.03 Å². The first kappa shape index (κ1) is 24.6. The van der Waals surface area contributed by atoms with Gasteiger partial charge in [0, 0.05) is 38.2 Å². The molecule has 7 nitrogen and oxygen atoms in total. The number of nitrogens with zero attached hydrogens (tertiary/aromatic N) is 3. The molecule has 34 heavy (non-hydrogen) atoms. The zero-order valence-corrected chi connectivity index (χ0v) is 19.3. The Morgan fingerprint density at radius 3 is 2.29 bits per heavy atom. The highest BCUT2D eigenvalue weighted by Crippen LogP contribution is 2.40. The molecule has 0 bridgehead atoms. The van der Waals surface area contributed by atoms with Gasteiger partial charge in [-0.25, -0.2) is 17.8 Å². The summed E-state index contributed by atoms with van der Waals surface area (Å²) < 4.78 is 81.3. The topological polar surface area (TPSA) is 84.3 Å². The second-order valence-corrected chi connectivity index (χ2v) is 10.9. The first-order valence-electron chi connectivity index (χ1n) is 11.1. The Kier molecular flexibility index (Phi) is 6.74. The lowest BCUT2D eigenvalue weighted by molar-refractivity contribution is -0.184. The van der Waals surface area contributed by atoms with Crippen molar-refractivity contribution in [2.24, 2.45) is 18.9 Å². The van der Waals surface area contributed by atoms with Crippen LogP contribution in [0.1, 0.15) is 37.2 Å². The molecule has 186 valence electrons. The van der Waals surface area contributed by atoms with Gasteiger partial charge in [0.25, 0.3) is 10.0 Å². The number of aryl methyl sites for hydroxylation is 1. The van der Waals surface area contributed by atoms with Gasteiger partial charge < -0.3 is 9.88 Å². The number of halogens is 4. The predicted molar refractivity (Wildman–Crippen MR) is 115 cm³/mol. The van der Waals surface area contributed by atoms with Crippen LogP contribution in [0.2, 0.25) is 0 Å². The summed E-state index contributed by atoms with van der Waals surface area (Å²) in [5.74, 6) is -3.23. The van der Waals surface area contributed by atoms with Gasteiger partial charge in [0.05, 0.1) is 18.3 Å². The lowest BCUT2D eigenvalue weighted by Gasteiger charge is -2.30. The molecule has 1 aromatic carbocycles. The molecule has 2 aromatic rings. The third-order valence-corrected chi connectivity index (χ3v) is 8.48. The van der Waals surface area contributed by atoms with E-state index < -0.39 is 45.8 Å². The number of imidazole rings is 1. The largest absolute Gasteiger partial charge is 0.391 e. The third-order valence-electron chi connectivity index (χ3n) is 6.76. The van der Waals surface area contributed by atoms with Gasteiger partial charge in [-0.05, 0) is 43.4 Å². The number of aromatic nitrogens is 2. The summed E-state index contributed by atoms with van der Waals surface area (Å²) in [5, 5.41) is 2.76.